The number of anilines is 2. The molecule has 4 nitrogen and oxygen atoms in total. The number of carbonyl (C=O) groups is 1. The number of nitrogen functional groups attached to an aromatic ring is 1. The Bertz CT molecular complexity index is 941. The minimum absolute atomic E-state index is 0.0511. The van der Waals surface area contributed by atoms with E-state index in [-0.39, 0.29) is 5.78 Å². The van der Waals surface area contributed by atoms with Crippen LogP contribution in [0.4, 0.5) is 11.4 Å². The first-order chi connectivity index (χ1) is 12.5. The maximum Gasteiger partial charge on any atom is 0.159 e. The van der Waals surface area contributed by atoms with Gasteiger partial charge >= 0.3 is 0 Å². The van der Waals surface area contributed by atoms with Gasteiger partial charge in [-0.3, -0.25) is 4.79 Å². The second-order valence-electron chi connectivity index (χ2n) is 5.89. The van der Waals surface area contributed by atoms with Crippen LogP contribution >= 0.6 is 15.9 Å². The Kier molecular flexibility index (Phi) is 5.58. The highest BCUT2D eigenvalue weighted by Crippen LogP contribution is 2.32. The lowest BCUT2D eigenvalue weighted by atomic mass is 10.1. The van der Waals surface area contributed by atoms with Crippen LogP contribution in [0.2, 0.25) is 0 Å². The van der Waals surface area contributed by atoms with Crippen molar-refractivity contribution in [3.05, 3.63) is 82.3 Å². The second kappa shape index (κ2) is 8.06. The van der Waals surface area contributed by atoms with Gasteiger partial charge in [-0.1, -0.05) is 30.3 Å². The number of Topliss-reactive ketones (excluding diaryl/α,β-unsaturated/α-hetero) is 1. The highest BCUT2D eigenvalue weighted by Gasteiger charge is 2.06. The van der Waals surface area contributed by atoms with Crippen LogP contribution in [0.1, 0.15) is 22.8 Å². The number of hydrogen-bond acceptors (Lipinski definition) is 4. The molecule has 0 aliphatic carbocycles. The van der Waals surface area contributed by atoms with E-state index in [0.29, 0.717) is 23.5 Å². The first-order valence-electron chi connectivity index (χ1n) is 8.18. The minimum atomic E-state index is 0.0511. The SMILES string of the molecule is CC(=O)c1cccc(CNc2cc(Oc3ccccc3Br)ccc2N)c1. The largest absolute Gasteiger partial charge is 0.456 e. The van der Waals surface area contributed by atoms with Crippen molar-refractivity contribution in [2.75, 3.05) is 11.1 Å². The van der Waals surface area contributed by atoms with Crippen LogP contribution in [-0.2, 0) is 6.54 Å². The summed E-state index contributed by atoms with van der Waals surface area (Å²) in [5.41, 5.74) is 9.19. The van der Waals surface area contributed by atoms with E-state index in [1.54, 1.807) is 13.0 Å². The Morgan fingerprint density at radius 1 is 1.08 bits per heavy atom. The lowest BCUT2D eigenvalue weighted by molar-refractivity contribution is 0.101. The van der Waals surface area contributed by atoms with Crippen LogP contribution in [0.3, 0.4) is 0 Å². The normalized spacial score (nSPS) is 10.4. The molecule has 0 fully saturated rings. The lowest BCUT2D eigenvalue weighted by Gasteiger charge is -2.13. The third kappa shape index (κ3) is 4.43. The number of hydrogen-bond donors (Lipinski definition) is 2. The molecule has 5 heteroatoms. The van der Waals surface area contributed by atoms with E-state index in [9.17, 15) is 4.79 Å². The maximum atomic E-state index is 11.5. The molecule has 3 aromatic rings. The van der Waals surface area contributed by atoms with Crippen molar-refractivity contribution in [1.82, 2.24) is 0 Å². The van der Waals surface area contributed by atoms with Gasteiger partial charge in [0.25, 0.3) is 0 Å². The van der Waals surface area contributed by atoms with E-state index < -0.39 is 0 Å². The predicted octanol–water partition coefficient (Wildman–Crippen LogP) is 5.64. The topological polar surface area (TPSA) is 64.3 Å². The molecule has 0 spiro atoms. The number of para-hydroxylation sites is 1. The molecule has 0 saturated carbocycles. The molecular weight excluding hydrogens is 392 g/mol. The van der Waals surface area contributed by atoms with Crippen LogP contribution < -0.4 is 15.8 Å². The highest BCUT2D eigenvalue weighted by molar-refractivity contribution is 9.10. The number of rotatable bonds is 6. The molecule has 0 amide bonds. The third-order valence-corrected chi connectivity index (χ3v) is 4.56. The van der Waals surface area contributed by atoms with Crippen LogP contribution in [-0.4, -0.2) is 5.78 Å². The molecule has 0 saturated heterocycles. The average molecular weight is 411 g/mol. The van der Waals surface area contributed by atoms with Gasteiger partial charge in [-0.25, -0.2) is 0 Å². The first-order valence-corrected chi connectivity index (χ1v) is 8.98. The molecule has 0 aliphatic rings. The Hall–Kier alpha value is -2.79. The minimum Gasteiger partial charge on any atom is -0.456 e. The van der Waals surface area contributed by atoms with Crippen molar-refractivity contribution in [2.24, 2.45) is 0 Å². The molecule has 0 atom stereocenters. The molecular formula is C21H19BrN2O2. The zero-order valence-electron chi connectivity index (χ0n) is 14.3. The molecule has 132 valence electrons. The molecule has 3 rings (SSSR count). The summed E-state index contributed by atoms with van der Waals surface area (Å²) in [7, 11) is 0. The van der Waals surface area contributed by atoms with Gasteiger partial charge in [-0.2, -0.15) is 0 Å². The number of ether oxygens (including phenoxy) is 1. The van der Waals surface area contributed by atoms with E-state index >= 15 is 0 Å². The number of halogens is 1. The van der Waals surface area contributed by atoms with E-state index in [1.165, 1.54) is 0 Å². The molecule has 0 radical (unpaired) electrons. The molecule has 3 aromatic carbocycles. The smallest absolute Gasteiger partial charge is 0.159 e. The summed E-state index contributed by atoms with van der Waals surface area (Å²) in [5.74, 6) is 1.47. The predicted molar refractivity (Wildman–Crippen MR) is 109 cm³/mol. The van der Waals surface area contributed by atoms with Gasteiger partial charge in [0, 0.05) is 18.2 Å². The molecule has 0 aliphatic heterocycles. The highest BCUT2D eigenvalue weighted by atomic mass is 79.9. The van der Waals surface area contributed by atoms with E-state index in [2.05, 4.69) is 21.2 Å². The maximum absolute atomic E-state index is 11.5. The fourth-order valence-electron chi connectivity index (χ4n) is 2.50. The zero-order chi connectivity index (χ0) is 18.5. The van der Waals surface area contributed by atoms with Crippen molar-refractivity contribution in [3.8, 4) is 11.5 Å². The van der Waals surface area contributed by atoms with Gasteiger partial charge in [0.15, 0.2) is 5.78 Å². The zero-order valence-corrected chi connectivity index (χ0v) is 15.9. The van der Waals surface area contributed by atoms with E-state index in [1.807, 2.05) is 60.7 Å². The molecule has 26 heavy (non-hydrogen) atoms. The summed E-state index contributed by atoms with van der Waals surface area (Å²) in [6.07, 6.45) is 0. The van der Waals surface area contributed by atoms with Gasteiger partial charge < -0.3 is 15.8 Å². The first kappa shape index (κ1) is 18.0. The Balaban J connectivity index is 1.75. The number of carbonyl (C=O) groups excluding carboxylic acids is 1. The summed E-state index contributed by atoms with van der Waals surface area (Å²) in [6, 6.07) is 20.7. The number of nitrogens with two attached hydrogens (primary N) is 1. The molecule has 0 heterocycles. The van der Waals surface area contributed by atoms with Gasteiger partial charge in [0.1, 0.15) is 11.5 Å². The van der Waals surface area contributed by atoms with Crippen LogP contribution in [0.5, 0.6) is 11.5 Å². The lowest BCUT2D eigenvalue weighted by Crippen LogP contribution is -2.04. The van der Waals surface area contributed by atoms with Crippen LogP contribution in [0.15, 0.2) is 71.2 Å². The monoisotopic (exact) mass is 410 g/mol. The van der Waals surface area contributed by atoms with Crippen molar-refractivity contribution < 1.29 is 9.53 Å². The fraction of sp³-hybridized carbons (Fsp3) is 0.0952. The third-order valence-electron chi connectivity index (χ3n) is 3.91. The summed E-state index contributed by atoms with van der Waals surface area (Å²) < 4.78 is 6.80. The Labute approximate surface area is 161 Å². The second-order valence-corrected chi connectivity index (χ2v) is 6.75. The van der Waals surface area contributed by atoms with Gasteiger partial charge in [0.05, 0.1) is 15.8 Å². The van der Waals surface area contributed by atoms with Crippen LogP contribution in [0.25, 0.3) is 0 Å². The van der Waals surface area contributed by atoms with E-state index in [4.69, 9.17) is 10.5 Å². The molecule has 0 unspecified atom stereocenters. The Morgan fingerprint density at radius 3 is 2.65 bits per heavy atom. The number of benzene rings is 3. The van der Waals surface area contributed by atoms with Crippen molar-refractivity contribution in [2.45, 2.75) is 13.5 Å². The van der Waals surface area contributed by atoms with Gasteiger partial charge in [-0.15, -0.1) is 0 Å². The Morgan fingerprint density at radius 2 is 1.88 bits per heavy atom. The average Bonchev–Trinajstić information content (AvgIpc) is 2.64. The van der Waals surface area contributed by atoms with Gasteiger partial charge in [0.2, 0.25) is 0 Å². The quantitative estimate of drug-likeness (QED) is 0.407. The number of ketones is 1. The van der Waals surface area contributed by atoms with Crippen molar-refractivity contribution in [3.63, 3.8) is 0 Å². The summed E-state index contributed by atoms with van der Waals surface area (Å²) in [6.45, 7) is 2.12. The van der Waals surface area contributed by atoms with Crippen molar-refractivity contribution in [1.29, 1.82) is 0 Å². The fourth-order valence-corrected chi connectivity index (χ4v) is 2.87. The van der Waals surface area contributed by atoms with Crippen LogP contribution in [0, 0.1) is 0 Å². The summed E-state index contributed by atoms with van der Waals surface area (Å²) >= 11 is 3.47. The van der Waals surface area contributed by atoms with Gasteiger partial charge in [-0.05, 0) is 58.7 Å². The summed E-state index contributed by atoms with van der Waals surface area (Å²) in [4.78, 5) is 11.5. The number of nitrogens with one attached hydrogen (secondary N) is 1. The molecule has 3 N–H and O–H groups in total. The molecule has 0 bridgehead atoms. The molecule has 0 aromatic heterocycles. The summed E-state index contributed by atoms with van der Waals surface area (Å²) in [5, 5.41) is 3.31. The standard InChI is InChI=1S/C21H19BrN2O2/c1-14(25)16-6-4-5-15(11-16)13-24-20-12-17(9-10-19(20)23)26-21-8-3-2-7-18(21)22/h2-12,24H,13,23H2,1H3. The van der Waals surface area contributed by atoms with E-state index in [0.717, 1.165) is 21.5 Å². The van der Waals surface area contributed by atoms with Crippen molar-refractivity contribution >= 4 is 33.1 Å².